The van der Waals surface area contributed by atoms with Crippen LogP contribution in [0.1, 0.15) is 30.4 Å². The highest BCUT2D eigenvalue weighted by molar-refractivity contribution is 8.01. The van der Waals surface area contributed by atoms with E-state index < -0.39 is 4.92 Å². The second-order valence-electron chi connectivity index (χ2n) is 3.80. The predicted molar refractivity (Wildman–Crippen MR) is 66.5 cm³/mol. The van der Waals surface area contributed by atoms with Gasteiger partial charge in [-0.3, -0.25) is 14.9 Å². The molecule has 0 radical (unpaired) electrons. The van der Waals surface area contributed by atoms with Crippen LogP contribution >= 0.6 is 23.1 Å². The zero-order chi connectivity index (χ0) is 12.3. The van der Waals surface area contributed by atoms with Crippen LogP contribution in [0.25, 0.3) is 0 Å². The van der Waals surface area contributed by atoms with Crippen molar-refractivity contribution < 1.29 is 9.72 Å². The summed E-state index contributed by atoms with van der Waals surface area (Å²) in [6.45, 7) is 5.53. The van der Waals surface area contributed by atoms with Crippen LogP contribution in [0, 0.1) is 16.0 Å². The van der Waals surface area contributed by atoms with Gasteiger partial charge < -0.3 is 0 Å². The van der Waals surface area contributed by atoms with Gasteiger partial charge in [-0.05, 0) is 12.8 Å². The Hall–Kier alpha value is -0.880. The van der Waals surface area contributed by atoms with Gasteiger partial charge in [-0.1, -0.05) is 13.8 Å². The van der Waals surface area contributed by atoms with Gasteiger partial charge in [0, 0.05) is 11.8 Å². The number of Topliss-reactive ketones (excluding diaryl/α,β-unsaturated/α-hetero) is 1. The normalized spacial score (nSPS) is 10.8. The molecule has 0 aliphatic heterocycles. The van der Waals surface area contributed by atoms with Crippen molar-refractivity contribution in [2.75, 3.05) is 5.75 Å². The lowest BCUT2D eigenvalue weighted by Crippen LogP contribution is -1.91. The number of hydrogen-bond acceptors (Lipinski definition) is 5. The molecule has 0 atom stereocenters. The van der Waals surface area contributed by atoms with Crippen LogP contribution in [0.3, 0.4) is 0 Å². The van der Waals surface area contributed by atoms with Crippen molar-refractivity contribution in [1.82, 2.24) is 0 Å². The number of carbonyl (C=O) groups excluding carboxylic acids is 1. The molecule has 1 rings (SSSR count). The molecule has 0 unspecified atom stereocenters. The summed E-state index contributed by atoms with van der Waals surface area (Å²) in [6.07, 6.45) is 0. The largest absolute Gasteiger partial charge is 0.294 e. The highest BCUT2D eigenvalue weighted by Gasteiger charge is 2.21. The standard InChI is InChI=1S/C10H13NO3S2/c1-6(2)5-15-10-8(11(13)14)4-9(16-10)7(3)12/h4,6H,5H2,1-3H3. The van der Waals surface area contributed by atoms with Gasteiger partial charge in [-0.15, -0.1) is 23.1 Å². The van der Waals surface area contributed by atoms with Gasteiger partial charge in [0.25, 0.3) is 5.69 Å². The molecule has 16 heavy (non-hydrogen) atoms. The topological polar surface area (TPSA) is 60.2 Å². The van der Waals surface area contributed by atoms with Gasteiger partial charge >= 0.3 is 0 Å². The Bertz CT molecular complexity index is 412. The van der Waals surface area contributed by atoms with Gasteiger partial charge in [0.2, 0.25) is 0 Å². The number of ketones is 1. The summed E-state index contributed by atoms with van der Waals surface area (Å²) in [7, 11) is 0. The fourth-order valence-corrected chi connectivity index (χ4v) is 3.24. The van der Waals surface area contributed by atoms with Crippen molar-refractivity contribution in [3.8, 4) is 0 Å². The Kier molecular flexibility index (Phi) is 4.49. The predicted octanol–water partition coefficient (Wildman–Crippen LogP) is 3.61. The maximum atomic E-state index is 11.2. The quantitative estimate of drug-likeness (QED) is 0.351. The van der Waals surface area contributed by atoms with E-state index in [0.717, 1.165) is 5.75 Å². The molecule has 0 fully saturated rings. The smallest absolute Gasteiger partial charge is 0.294 e. The van der Waals surface area contributed by atoms with Crippen LogP contribution in [0.15, 0.2) is 10.3 Å². The molecule has 1 aromatic heterocycles. The van der Waals surface area contributed by atoms with Gasteiger partial charge in [0.15, 0.2) is 5.78 Å². The second-order valence-corrected chi connectivity index (χ2v) is 6.14. The van der Waals surface area contributed by atoms with E-state index in [-0.39, 0.29) is 11.5 Å². The minimum absolute atomic E-state index is 0.0563. The van der Waals surface area contributed by atoms with Crippen LogP contribution in [0.4, 0.5) is 5.69 Å². The van der Waals surface area contributed by atoms with Crippen LogP contribution < -0.4 is 0 Å². The molecular formula is C10H13NO3S2. The SMILES string of the molecule is CC(=O)c1cc([N+](=O)[O-])c(SCC(C)C)s1. The zero-order valence-electron chi connectivity index (χ0n) is 9.35. The number of thiophene rings is 1. The van der Waals surface area contributed by atoms with Crippen LogP contribution in [0.5, 0.6) is 0 Å². The van der Waals surface area contributed by atoms with E-state index in [1.165, 1.54) is 36.1 Å². The number of carbonyl (C=O) groups is 1. The lowest BCUT2D eigenvalue weighted by Gasteiger charge is -2.01. The molecule has 0 aromatic carbocycles. The molecule has 0 saturated carbocycles. The monoisotopic (exact) mass is 259 g/mol. The zero-order valence-corrected chi connectivity index (χ0v) is 11.0. The highest BCUT2D eigenvalue weighted by atomic mass is 32.2. The lowest BCUT2D eigenvalue weighted by atomic mass is 10.3. The lowest BCUT2D eigenvalue weighted by molar-refractivity contribution is -0.387. The fraction of sp³-hybridized carbons (Fsp3) is 0.500. The second kappa shape index (κ2) is 5.45. The van der Waals surface area contributed by atoms with E-state index in [1.807, 2.05) is 0 Å². The average molecular weight is 259 g/mol. The summed E-state index contributed by atoms with van der Waals surface area (Å²) in [5, 5.41) is 10.8. The number of hydrogen-bond donors (Lipinski definition) is 0. The molecule has 0 amide bonds. The number of rotatable bonds is 5. The summed E-state index contributed by atoms with van der Waals surface area (Å²) in [5.41, 5.74) is 0.0563. The molecule has 0 bridgehead atoms. The molecule has 0 aliphatic carbocycles. The van der Waals surface area contributed by atoms with Gasteiger partial charge in [0.05, 0.1) is 9.80 Å². The van der Waals surface area contributed by atoms with Crippen molar-refractivity contribution in [1.29, 1.82) is 0 Å². The molecule has 0 N–H and O–H groups in total. The first-order valence-corrected chi connectivity index (χ1v) is 6.64. The number of thioether (sulfide) groups is 1. The van der Waals surface area contributed by atoms with Gasteiger partial charge in [-0.2, -0.15) is 0 Å². The Morgan fingerprint density at radius 2 is 2.25 bits per heavy atom. The summed E-state index contributed by atoms with van der Waals surface area (Å²) in [4.78, 5) is 22.0. The Labute approximate surface area is 102 Å². The van der Waals surface area contributed by atoms with Crippen molar-refractivity contribution in [2.24, 2.45) is 5.92 Å². The molecule has 1 aromatic rings. The van der Waals surface area contributed by atoms with Gasteiger partial charge in [-0.25, -0.2) is 0 Å². The van der Waals surface area contributed by atoms with E-state index in [2.05, 4.69) is 13.8 Å². The summed E-state index contributed by atoms with van der Waals surface area (Å²) in [6, 6.07) is 1.37. The maximum Gasteiger partial charge on any atom is 0.294 e. The minimum atomic E-state index is -0.425. The van der Waals surface area contributed by atoms with Crippen molar-refractivity contribution in [3.63, 3.8) is 0 Å². The van der Waals surface area contributed by atoms with E-state index in [4.69, 9.17) is 0 Å². The third kappa shape index (κ3) is 3.31. The molecule has 6 heteroatoms. The maximum absolute atomic E-state index is 11.2. The van der Waals surface area contributed by atoms with Crippen LogP contribution in [-0.4, -0.2) is 16.5 Å². The molecule has 0 aliphatic rings. The first-order chi connectivity index (χ1) is 7.41. The fourth-order valence-electron chi connectivity index (χ4n) is 1.01. The van der Waals surface area contributed by atoms with E-state index >= 15 is 0 Å². The van der Waals surface area contributed by atoms with Crippen molar-refractivity contribution in [2.45, 2.75) is 25.0 Å². The summed E-state index contributed by atoms with van der Waals surface area (Å²) in [5.74, 6) is 1.16. The summed E-state index contributed by atoms with van der Waals surface area (Å²) < 4.78 is 0.629. The van der Waals surface area contributed by atoms with Crippen LogP contribution in [0.2, 0.25) is 0 Å². The molecule has 4 nitrogen and oxygen atoms in total. The molecular weight excluding hydrogens is 246 g/mol. The Morgan fingerprint density at radius 3 is 2.69 bits per heavy atom. The first kappa shape index (κ1) is 13.2. The molecule has 88 valence electrons. The molecule has 1 heterocycles. The van der Waals surface area contributed by atoms with Crippen molar-refractivity contribution in [3.05, 3.63) is 21.1 Å². The molecule has 0 saturated heterocycles. The number of nitro groups is 1. The third-order valence-electron chi connectivity index (χ3n) is 1.77. The average Bonchev–Trinajstić information content (AvgIpc) is 2.58. The third-order valence-corrected chi connectivity index (χ3v) is 4.70. The Morgan fingerprint density at radius 1 is 1.62 bits per heavy atom. The first-order valence-electron chi connectivity index (χ1n) is 4.83. The highest BCUT2D eigenvalue weighted by Crippen LogP contribution is 2.38. The van der Waals surface area contributed by atoms with E-state index in [1.54, 1.807) is 0 Å². The summed E-state index contributed by atoms with van der Waals surface area (Å²) >= 11 is 2.66. The van der Waals surface area contributed by atoms with E-state index in [0.29, 0.717) is 15.0 Å². The van der Waals surface area contributed by atoms with E-state index in [9.17, 15) is 14.9 Å². The van der Waals surface area contributed by atoms with Crippen molar-refractivity contribution >= 4 is 34.6 Å². The Balaban J connectivity index is 2.96. The van der Waals surface area contributed by atoms with Gasteiger partial charge in [0.1, 0.15) is 4.21 Å². The van der Waals surface area contributed by atoms with Crippen LogP contribution in [-0.2, 0) is 0 Å². The molecule has 0 spiro atoms. The minimum Gasteiger partial charge on any atom is -0.294 e. The number of nitrogens with zero attached hydrogens (tertiary/aromatic N) is 1.